The van der Waals surface area contributed by atoms with Crippen LogP contribution in [0.25, 0.3) is 5.69 Å². The maximum absolute atomic E-state index is 12.6. The van der Waals surface area contributed by atoms with Gasteiger partial charge in [-0.15, -0.1) is 0 Å². The Kier molecular flexibility index (Phi) is 5.22. The van der Waals surface area contributed by atoms with Gasteiger partial charge in [0, 0.05) is 24.0 Å². The van der Waals surface area contributed by atoms with Gasteiger partial charge in [0.2, 0.25) is 5.91 Å². The molecule has 30 heavy (non-hydrogen) atoms. The Bertz CT molecular complexity index is 1090. The van der Waals surface area contributed by atoms with Gasteiger partial charge in [0.05, 0.1) is 39.8 Å². The predicted molar refractivity (Wildman–Crippen MR) is 111 cm³/mol. The van der Waals surface area contributed by atoms with Crippen molar-refractivity contribution in [1.29, 1.82) is 0 Å². The van der Waals surface area contributed by atoms with Crippen LogP contribution in [-0.4, -0.2) is 43.9 Å². The summed E-state index contributed by atoms with van der Waals surface area (Å²) in [4.78, 5) is 17.3. The van der Waals surface area contributed by atoms with Crippen LogP contribution in [0.2, 0.25) is 0 Å². The molecule has 1 N–H and O–H groups in total. The van der Waals surface area contributed by atoms with Crippen molar-refractivity contribution in [3.05, 3.63) is 54.0 Å². The second-order valence-corrected chi connectivity index (χ2v) is 6.77. The fourth-order valence-electron chi connectivity index (χ4n) is 3.82. The number of methoxy groups -OCH3 is 4. The Hall–Kier alpha value is -3.68. The zero-order chi connectivity index (χ0) is 21.3. The number of benzene rings is 2. The van der Waals surface area contributed by atoms with Gasteiger partial charge in [-0.05, 0) is 18.2 Å². The zero-order valence-electron chi connectivity index (χ0n) is 17.3. The van der Waals surface area contributed by atoms with Crippen molar-refractivity contribution in [2.24, 2.45) is 0 Å². The SMILES string of the molecule is COc1ccc(OC)c(-n2cnc3c2NC(=O)CC3c2cccc(OC)c2OC)c1. The number of fused-ring (bicyclic) bond motifs is 1. The van der Waals surface area contributed by atoms with Gasteiger partial charge in [-0.1, -0.05) is 12.1 Å². The molecule has 0 saturated heterocycles. The standard InChI is InChI=1S/C22H23N3O5/c1-27-13-8-9-17(28-2)16(10-13)25-12-23-20-15(11-19(26)24-22(20)25)14-6-5-7-18(29-3)21(14)30-4/h5-10,12,15H,11H2,1-4H3,(H,24,26). The highest BCUT2D eigenvalue weighted by Crippen LogP contribution is 2.44. The van der Waals surface area contributed by atoms with Crippen LogP contribution in [0.1, 0.15) is 23.6 Å². The van der Waals surface area contributed by atoms with E-state index >= 15 is 0 Å². The number of imidazole rings is 1. The van der Waals surface area contributed by atoms with Crippen LogP contribution in [0, 0.1) is 0 Å². The smallest absolute Gasteiger partial charge is 0.226 e. The van der Waals surface area contributed by atoms with E-state index in [0.717, 1.165) is 11.3 Å². The molecule has 0 saturated carbocycles. The molecule has 2 heterocycles. The number of amides is 1. The van der Waals surface area contributed by atoms with Gasteiger partial charge < -0.3 is 24.3 Å². The molecule has 156 valence electrons. The Morgan fingerprint density at radius 3 is 2.50 bits per heavy atom. The number of anilines is 1. The summed E-state index contributed by atoms with van der Waals surface area (Å²) in [6.07, 6.45) is 1.93. The summed E-state index contributed by atoms with van der Waals surface area (Å²) in [5.74, 6) is 2.70. The highest BCUT2D eigenvalue weighted by atomic mass is 16.5. The van der Waals surface area contributed by atoms with Gasteiger partial charge >= 0.3 is 0 Å². The van der Waals surface area contributed by atoms with E-state index in [9.17, 15) is 4.79 Å². The first-order valence-electron chi connectivity index (χ1n) is 9.41. The molecule has 0 radical (unpaired) electrons. The number of rotatable bonds is 6. The number of hydrogen-bond acceptors (Lipinski definition) is 6. The maximum Gasteiger partial charge on any atom is 0.226 e. The summed E-state index contributed by atoms with van der Waals surface area (Å²) in [7, 11) is 6.37. The van der Waals surface area contributed by atoms with Crippen molar-refractivity contribution in [1.82, 2.24) is 9.55 Å². The first-order valence-corrected chi connectivity index (χ1v) is 9.41. The lowest BCUT2D eigenvalue weighted by molar-refractivity contribution is -0.116. The van der Waals surface area contributed by atoms with Crippen LogP contribution in [0.5, 0.6) is 23.0 Å². The lowest BCUT2D eigenvalue weighted by Crippen LogP contribution is -2.25. The fourth-order valence-corrected chi connectivity index (χ4v) is 3.82. The molecule has 8 heteroatoms. The molecule has 0 fully saturated rings. The van der Waals surface area contributed by atoms with Gasteiger partial charge in [-0.25, -0.2) is 4.98 Å². The number of hydrogen-bond donors (Lipinski definition) is 1. The zero-order valence-corrected chi connectivity index (χ0v) is 17.3. The average molecular weight is 409 g/mol. The molecule has 1 amide bonds. The number of para-hydroxylation sites is 1. The number of carbonyl (C=O) groups is 1. The van der Waals surface area contributed by atoms with Gasteiger partial charge in [0.25, 0.3) is 0 Å². The van der Waals surface area contributed by atoms with E-state index in [1.165, 1.54) is 0 Å². The van der Waals surface area contributed by atoms with Crippen LogP contribution in [0.15, 0.2) is 42.7 Å². The number of carbonyl (C=O) groups excluding carboxylic acids is 1. The average Bonchev–Trinajstić information content (AvgIpc) is 3.20. The monoisotopic (exact) mass is 409 g/mol. The van der Waals surface area contributed by atoms with Crippen molar-refractivity contribution in [3.63, 3.8) is 0 Å². The minimum Gasteiger partial charge on any atom is -0.497 e. The molecule has 1 atom stereocenters. The summed E-state index contributed by atoms with van der Waals surface area (Å²) in [5, 5.41) is 2.95. The minimum atomic E-state index is -0.281. The molecule has 4 rings (SSSR count). The summed E-state index contributed by atoms with van der Waals surface area (Å²) >= 11 is 0. The van der Waals surface area contributed by atoms with Gasteiger partial charge in [0.15, 0.2) is 11.5 Å². The molecule has 1 unspecified atom stereocenters. The highest BCUT2D eigenvalue weighted by molar-refractivity contribution is 5.94. The summed E-state index contributed by atoms with van der Waals surface area (Å²) in [6, 6.07) is 11.1. The number of aromatic nitrogens is 2. The van der Waals surface area contributed by atoms with Crippen LogP contribution in [-0.2, 0) is 4.79 Å². The third kappa shape index (κ3) is 3.20. The molecule has 0 bridgehead atoms. The lowest BCUT2D eigenvalue weighted by atomic mass is 9.89. The molecule has 0 aliphatic carbocycles. The van der Waals surface area contributed by atoms with Crippen molar-refractivity contribution in [2.45, 2.75) is 12.3 Å². The second-order valence-electron chi connectivity index (χ2n) is 6.77. The van der Waals surface area contributed by atoms with E-state index < -0.39 is 0 Å². The van der Waals surface area contributed by atoms with Crippen molar-refractivity contribution < 1.29 is 23.7 Å². The van der Waals surface area contributed by atoms with Crippen molar-refractivity contribution >= 4 is 11.7 Å². The van der Waals surface area contributed by atoms with Gasteiger partial charge in [-0.2, -0.15) is 0 Å². The maximum atomic E-state index is 12.6. The first-order chi connectivity index (χ1) is 14.6. The van der Waals surface area contributed by atoms with Crippen LogP contribution >= 0.6 is 0 Å². The highest BCUT2D eigenvalue weighted by Gasteiger charge is 2.34. The molecular weight excluding hydrogens is 386 g/mol. The van der Waals surface area contributed by atoms with E-state index in [4.69, 9.17) is 18.9 Å². The normalized spacial score (nSPS) is 15.2. The largest absolute Gasteiger partial charge is 0.497 e. The van der Waals surface area contributed by atoms with Crippen LogP contribution < -0.4 is 24.3 Å². The summed E-state index contributed by atoms with van der Waals surface area (Å²) in [6.45, 7) is 0. The van der Waals surface area contributed by atoms with Gasteiger partial charge in [0.1, 0.15) is 23.6 Å². The molecule has 2 aromatic carbocycles. The number of nitrogens with one attached hydrogen (secondary N) is 1. The number of ether oxygens (including phenoxy) is 4. The third-order valence-electron chi connectivity index (χ3n) is 5.23. The Morgan fingerprint density at radius 1 is 1.00 bits per heavy atom. The topological polar surface area (TPSA) is 83.8 Å². The summed E-state index contributed by atoms with van der Waals surface area (Å²) < 4.78 is 23.7. The predicted octanol–water partition coefficient (Wildman–Crippen LogP) is 3.38. The summed E-state index contributed by atoms with van der Waals surface area (Å²) in [5.41, 5.74) is 2.30. The minimum absolute atomic E-state index is 0.110. The molecule has 3 aromatic rings. The molecule has 1 aliphatic rings. The van der Waals surface area contributed by atoms with Crippen LogP contribution in [0.4, 0.5) is 5.82 Å². The Labute approximate surface area is 174 Å². The Morgan fingerprint density at radius 2 is 1.80 bits per heavy atom. The van der Waals surface area contributed by atoms with E-state index in [2.05, 4.69) is 10.3 Å². The molecule has 0 spiro atoms. The van der Waals surface area contributed by atoms with Crippen molar-refractivity contribution in [3.8, 4) is 28.7 Å². The first kappa shape index (κ1) is 19.6. The van der Waals surface area contributed by atoms with Gasteiger partial charge in [-0.3, -0.25) is 9.36 Å². The van der Waals surface area contributed by atoms with E-state index in [0.29, 0.717) is 34.5 Å². The van der Waals surface area contributed by atoms with E-state index in [1.54, 1.807) is 39.3 Å². The molecular formula is C22H23N3O5. The van der Waals surface area contributed by atoms with Crippen molar-refractivity contribution in [2.75, 3.05) is 33.8 Å². The third-order valence-corrected chi connectivity index (χ3v) is 5.23. The molecule has 1 aliphatic heterocycles. The lowest BCUT2D eigenvalue weighted by Gasteiger charge is -2.25. The quantitative estimate of drug-likeness (QED) is 0.672. The Balaban J connectivity index is 1.87. The van der Waals surface area contributed by atoms with E-state index in [-0.39, 0.29) is 18.2 Å². The van der Waals surface area contributed by atoms with Crippen LogP contribution in [0.3, 0.4) is 0 Å². The fraction of sp³-hybridized carbons (Fsp3) is 0.273. The molecule has 1 aromatic heterocycles. The second kappa shape index (κ2) is 7.98. The number of nitrogens with zero attached hydrogens (tertiary/aromatic N) is 2. The van der Waals surface area contributed by atoms with E-state index in [1.807, 2.05) is 36.4 Å². The molecule has 8 nitrogen and oxygen atoms in total.